The van der Waals surface area contributed by atoms with Gasteiger partial charge < -0.3 is 15.3 Å². The smallest absolute Gasteiger partial charge is 0.359 e. The highest BCUT2D eigenvalue weighted by atomic mass is 16.4. The van der Waals surface area contributed by atoms with E-state index in [0.29, 0.717) is 6.42 Å². The number of hydrogen-bond donors (Lipinski definition) is 3. The number of hydrogen-bond acceptors (Lipinski definition) is 3. The van der Waals surface area contributed by atoms with Crippen LogP contribution in [0.4, 0.5) is 0 Å². The minimum Gasteiger partial charge on any atom is -0.477 e. The average molecular weight is 429 g/mol. The minimum absolute atomic E-state index is 0.233. The Balaban J connectivity index is 4.00. The summed E-state index contributed by atoms with van der Waals surface area (Å²) in [5.74, 6) is -3.55. The van der Waals surface area contributed by atoms with Gasteiger partial charge in [-0.25, -0.2) is 14.4 Å². The Morgan fingerprint density at radius 2 is 0.967 bits per heavy atom. The second kappa shape index (κ2) is 17.9. The monoisotopic (exact) mass is 428 g/mol. The topological polar surface area (TPSA) is 112 Å². The first kappa shape index (κ1) is 28.1. The van der Waals surface area contributed by atoms with Gasteiger partial charge >= 0.3 is 17.9 Å². The first-order valence-corrected chi connectivity index (χ1v) is 11.5. The summed E-state index contributed by atoms with van der Waals surface area (Å²) in [6, 6.07) is 0. The van der Waals surface area contributed by atoms with E-state index in [1.165, 1.54) is 57.8 Å². The molecule has 174 valence electrons. The molecule has 0 saturated heterocycles. The van der Waals surface area contributed by atoms with Crippen molar-refractivity contribution in [3.63, 3.8) is 0 Å². The molecule has 0 radical (unpaired) electrons. The van der Waals surface area contributed by atoms with Gasteiger partial charge in [0, 0.05) is 0 Å². The Bertz CT molecular complexity index is 477. The Labute approximate surface area is 181 Å². The van der Waals surface area contributed by atoms with E-state index in [1.807, 2.05) is 0 Å². The molecule has 0 saturated carbocycles. The number of rotatable bonds is 21. The van der Waals surface area contributed by atoms with Crippen LogP contribution in [-0.2, 0) is 14.4 Å². The molecule has 7 nitrogen and oxygen atoms in total. The predicted octanol–water partition coefficient (Wildman–Crippen LogP) is 4.70. The van der Waals surface area contributed by atoms with Crippen LogP contribution in [0.5, 0.6) is 0 Å². The van der Waals surface area contributed by atoms with Gasteiger partial charge in [-0.1, -0.05) is 70.4 Å². The normalized spacial score (nSPS) is 11.8. The zero-order valence-electron chi connectivity index (χ0n) is 18.7. The van der Waals surface area contributed by atoms with Crippen molar-refractivity contribution in [2.75, 3.05) is 26.2 Å². The summed E-state index contributed by atoms with van der Waals surface area (Å²) in [6.07, 6.45) is 19.4. The van der Waals surface area contributed by atoms with Gasteiger partial charge in [-0.3, -0.25) is 4.48 Å². The summed E-state index contributed by atoms with van der Waals surface area (Å²) >= 11 is 0. The number of unbranched alkanes of at least 4 members (excludes halogenated alkanes) is 11. The van der Waals surface area contributed by atoms with Crippen LogP contribution in [0.3, 0.4) is 0 Å². The van der Waals surface area contributed by atoms with Crippen LogP contribution in [0.15, 0.2) is 12.2 Å². The van der Waals surface area contributed by atoms with Crippen molar-refractivity contribution in [3.8, 4) is 0 Å². The van der Waals surface area contributed by atoms with E-state index in [-0.39, 0.29) is 6.54 Å². The summed E-state index contributed by atoms with van der Waals surface area (Å²) < 4.78 is -0.456. The maximum atomic E-state index is 11.1. The number of carbonyl (C=O) groups is 3. The molecule has 30 heavy (non-hydrogen) atoms. The highest BCUT2D eigenvalue weighted by Crippen LogP contribution is 2.13. The van der Waals surface area contributed by atoms with E-state index in [1.54, 1.807) is 0 Å². The molecule has 0 aliphatic carbocycles. The first-order chi connectivity index (χ1) is 14.3. The summed E-state index contributed by atoms with van der Waals surface area (Å²) in [6.45, 7) is 0.989. The molecule has 3 N–H and O–H groups in total. The highest BCUT2D eigenvalue weighted by molar-refractivity contribution is 5.73. The molecule has 0 aliphatic heterocycles. The Kier molecular flexibility index (Phi) is 16.8. The molecule has 0 atom stereocenters. The van der Waals surface area contributed by atoms with E-state index < -0.39 is 42.0 Å². The predicted molar refractivity (Wildman–Crippen MR) is 117 cm³/mol. The fourth-order valence-electron chi connectivity index (χ4n) is 3.78. The third-order valence-electron chi connectivity index (χ3n) is 5.31. The Morgan fingerprint density at radius 1 is 0.600 bits per heavy atom. The third-order valence-corrected chi connectivity index (χ3v) is 5.31. The van der Waals surface area contributed by atoms with E-state index in [4.69, 9.17) is 15.3 Å². The molecular formula is C23H42NO6+. The molecule has 0 fully saturated rings. The van der Waals surface area contributed by atoms with Crippen molar-refractivity contribution in [2.24, 2.45) is 0 Å². The van der Waals surface area contributed by atoms with Gasteiger partial charge in [-0.2, -0.15) is 0 Å². The van der Waals surface area contributed by atoms with Crippen LogP contribution in [0.1, 0.15) is 90.4 Å². The molecule has 0 aromatic rings. The fourth-order valence-corrected chi connectivity index (χ4v) is 3.78. The number of carboxylic acids is 3. The van der Waals surface area contributed by atoms with Crippen molar-refractivity contribution < 1.29 is 34.2 Å². The number of quaternary nitrogens is 1. The van der Waals surface area contributed by atoms with E-state index >= 15 is 0 Å². The summed E-state index contributed by atoms with van der Waals surface area (Å²) in [5.41, 5.74) is 0. The summed E-state index contributed by atoms with van der Waals surface area (Å²) in [7, 11) is 0. The maximum Gasteiger partial charge on any atom is 0.359 e. The van der Waals surface area contributed by atoms with Crippen molar-refractivity contribution >= 4 is 17.9 Å². The second-order valence-electron chi connectivity index (χ2n) is 8.31. The highest BCUT2D eigenvalue weighted by Gasteiger charge is 2.35. The maximum absolute atomic E-state index is 11.1. The van der Waals surface area contributed by atoms with Crippen molar-refractivity contribution in [3.05, 3.63) is 12.2 Å². The van der Waals surface area contributed by atoms with Gasteiger partial charge in [-0.15, -0.1) is 0 Å². The second-order valence-corrected chi connectivity index (χ2v) is 8.31. The van der Waals surface area contributed by atoms with Gasteiger partial charge in [0.05, 0.1) is 6.54 Å². The lowest BCUT2D eigenvalue weighted by molar-refractivity contribution is -0.907. The van der Waals surface area contributed by atoms with E-state index in [9.17, 15) is 14.4 Å². The van der Waals surface area contributed by atoms with Gasteiger partial charge in [-0.05, 0) is 32.1 Å². The number of nitrogens with zero attached hydrogens (tertiary/aromatic N) is 1. The van der Waals surface area contributed by atoms with Crippen LogP contribution >= 0.6 is 0 Å². The van der Waals surface area contributed by atoms with Gasteiger partial charge in [0.15, 0.2) is 19.6 Å². The number of carboxylic acid groups (broad SMARTS) is 3. The van der Waals surface area contributed by atoms with E-state index in [2.05, 4.69) is 19.1 Å². The quantitative estimate of drug-likeness (QED) is 0.139. The molecule has 0 aliphatic rings. The van der Waals surface area contributed by atoms with Crippen LogP contribution in [0.25, 0.3) is 0 Å². The van der Waals surface area contributed by atoms with Crippen LogP contribution in [0, 0.1) is 0 Å². The summed E-state index contributed by atoms with van der Waals surface area (Å²) in [5, 5.41) is 27.3. The molecule has 0 amide bonds. The fraction of sp³-hybridized carbons (Fsp3) is 0.783. The number of allylic oxidation sites excluding steroid dienone is 2. The van der Waals surface area contributed by atoms with Crippen molar-refractivity contribution in [1.82, 2.24) is 0 Å². The van der Waals surface area contributed by atoms with Crippen molar-refractivity contribution in [1.29, 1.82) is 0 Å². The molecule has 0 unspecified atom stereocenters. The van der Waals surface area contributed by atoms with Crippen LogP contribution < -0.4 is 0 Å². The lowest BCUT2D eigenvalue weighted by Gasteiger charge is -2.34. The van der Waals surface area contributed by atoms with Gasteiger partial charge in [0.2, 0.25) is 0 Å². The minimum atomic E-state index is -1.18. The zero-order chi connectivity index (χ0) is 22.7. The molecule has 0 bridgehead atoms. The van der Waals surface area contributed by atoms with Crippen LogP contribution in [-0.4, -0.2) is 63.9 Å². The molecule has 0 aromatic carbocycles. The van der Waals surface area contributed by atoms with Gasteiger partial charge in [0.25, 0.3) is 0 Å². The first-order valence-electron chi connectivity index (χ1n) is 11.5. The zero-order valence-corrected chi connectivity index (χ0v) is 18.7. The lowest BCUT2D eigenvalue weighted by atomic mass is 10.1. The average Bonchev–Trinajstić information content (AvgIpc) is 2.63. The van der Waals surface area contributed by atoms with Crippen molar-refractivity contribution in [2.45, 2.75) is 90.4 Å². The van der Waals surface area contributed by atoms with E-state index in [0.717, 1.165) is 19.3 Å². The van der Waals surface area contributed by atoms with Crippen LogP contribution in [0.2, 0.25) is 0 Å². The standard InChI is InChI=1S/C23H41NO6/c1-2-3-4-5-6-7-8-9-10-11-12-13-14-15-16-17-24(18-21(25)26,19-22(27)28)20-23(29)30/h12-13H,2-11,14-20H2,1H3,(H2-,25,26,27,28,29,30)/p+1/b13-12+. The molecule has 0 rings (SSSR count). The largest absolute Gasteiger partial charge is 0.477 e. The lowest BCUT2D eigenvalue weighted by Crippen LogP contribution is -2.57. The Hall–Kier alpha value is -1.89. The third kappa shape index (κ3) is 17.0. The Morgan fingerprint density at radius 3 is 1.37 bits per heavy atom. The summed E-state index contributed by atoms with van der Waals surface area (Å²) in [4.78, 5) is 33.4. The van der Waals surface area contributed by atoms with Gasteiger partial charge in [0.1, 0.15) is 0 Å². The molecule has 7 heteroatoms. The molecular weight excluding hydrogens is 386 g/mol. The molecule has 0 spiro atoms. The number of aliphatic carboxylic acids is 3. The molecule has 0 aromatic heterocycles. The molecule has 0 heterocycles. The SMILES string of the molecule is CCCCCCCCCCC/C=C/CCCC[N+](CC(=O)O)(CC(=O)O)CC(=O)O.